The number of rotatable bonds is 3. The molecule has 41 heavy (non-hydrogen) atoms. The van der Waals surface area contributed by atoms with Crippen LogP contribution in [-0.4, -0.2) is 13.8 Å². The first-order chi connectivity index (χ1) is 20.3. The van der Waals surface area contributed by atoms with Crippen molar-refractivity contribution in [1.82, 2.24) is 13.8 Å². The van der Waals surface area contributed by atoms with Gasteiger partial charge in [-0.25, -0.2) is 4.98 Å². The van der Waals surface area contributed by atoms with Gasteiger partial charge in [-0.3, -0.25) is 8.80 Å². The molecular formula is C36H21N5. The lowest BCUT2D eigenvalue weighted by molar-refractivity contribution is 1.21. The van der Waals surface area contributed by atoms with Gasteiger partial charge in [0, 0.05) is 27.8 Å². The van der Waals surface area contributed by atoms with Crippen molar-refractivity contribution in [3.8, 4) is 6.07 Å². The summed E-state index contributed by atoms with van der Waals surface area (Å²) >= 11 is 0. The molecule has 0 atom stereocenters. The third-order valence-electron chi connectivity index (χ3n) is 8.20. The zero-order valence-corrected chi connectivity index (χ0v) is 21.9. The Hall–Kier alpha value is -5.86. The monoisotopic (exact) mass is 523 g/mol. The van der Waals surface area contributed by atoms with Crippen LogP contribution in [0.1, 0.15) is 5.56 Å². The molecule has 9 aromatic rings. The van der Waals surface area contributed by atoms with E-state index in [1.807, 2.05) is 36.4 Å². The summed E-state index contributed by atoms with van der Waals surface area (Å²) in [5.74, 6) is 0.915. The van der Waals surface area contributed by atoms with Crippen LogP contribution < -0.4 is 4.90 Å². The van der Waals surface area contributed by atoms with Gasteiger partial charge in [-0.2, -0.15) is 5.26 Å². The Kier molecular flexibility index (Phi) is 4.33. The molecule has 0 aliphatic heterocycles. The zero-order valence-electron chi connectivity index (χ0n) is 21.9. The van der Waals surface area contributed by atoms with Crippen molar-refractivity contribution in [3.05, 3.63) is 133 Å². The molecule has 0 unspecified atom stereocenters. The van der Waals surface area contributed by atoms with Crippen LogP contribution in [0.25, 0.3) is 54.9 Å². The molecule has 6 aromatic carbocycles. The molecule has 0 radical (unpaired) electrons. The largest absolute Gasteiger partial charge is 0.310 e. The lowest BCUT2D eigenvalue weighted by atomic mass is 10.0. The van der Waals surface area contributed by atoms with Crippen LogP contribution >= 0.6 is 0 Å². The summed E-state index contributed by atoms with van der Waals surface area (Å²) in [6.07, 6.45) is 0. The predicted molar refractivity (Wildman–Crippen MR) is 167 cm³/mol. The number of aromatic nitrogens is 3. The SMILES string of the molecule is N#Cc1ccc(N(c2ccccc2)c2cc3c4cc5ccccc5cc4n4c3c(c2)n2c3ccccc3nc24)cc1. The van der Waals surface area contributed by atoms with E-state index in [0.29, 0.717) is 5.56 Å². The highest BCUT2D eigenvalue weighted by atomic mass is 15.2. The first-order valence-corrected chi connectivity index (χ1v) is 13.6. The fraction of sp³-hybridized carbons (Fsp3) is 0. The normalized spacial score (nSPS) is 11.9. The number of hydrogen-bond acceptors (Lipinski definition) is 3. The van der Waals surface area contributed by atoms with E-state index < -0.39 is 0 Å². The van der Waals surface area contributed by atoms with Crippen molar-refractivity contribution in [2.75, 3.05) is 4.90 Å². The molecule has 0 spiro atoms. The van der Waals surface area contributed by atoms with E-state index in [0.717, 1.165) is 44.9 Å². The quantitative estimate of drug-likeness (QED) is 0.232. The first kappa shape index (κ1) is 22.0. The van der Waals surface area contributed by atoms with Gasteiger partial charge in [0.25, 0.3) is 0 Å². The third kappa shape index (κ3) is 3.02. The highest BCUT2D eigenvalue weighted by Crippen LogP contribution is 2.43. The number of imidazole rings is 2. The Morgan fingerprint density at radius 3 is 2.07 bits per heavy atom. The molecule has 0 saturated carbocycles. The number of hydrogen-bond donors (Lipinski definition) is 0. The maximum Gasteiger partial charge on any atom is 0.220 e. The van der Waals surface area contributed by atoms with Gasteiger partial charge in [0.1, 0.15) is 0 Å². The molecule has 0 fully saturated rings. The molecule has 0 aliphatic carbocycles. The summed E-state index contributed by atoms with van der Waals surface area (Å²) in [4.78, 5) is 7.39. The summed E-state index contributed by atoms with van der Waals surface area (Å²) in [6, 6.07) is 46.5. The minimum Gasteiger partial charge on any atom is -0.310 e. The summed E-state index contributed by atoms with van der Waals surface area (Å²) in [7, 11) is 0. The fourth-order valence-electron chi connectivity index (χ4n) is 6.41. The van der Waals surface area contributed by atoms with Crippen molar-refractivity contribution in [2.24, 2.45) is 0 Å². The predicted octanol–water partition coefficient (Wildman–Crippen LogP) is 8.98. The van der Waals surface area contributed by atoms with E-state index >= 15 is 0 Å². The Morgan fingerprint density at radius 1 is 0.561 bits per heavy atom. The van der Waals surface area contributed by atoms with Crippen LogP contribution in [0.2, 0.25) is 0 Å². The minimum atomic E-state index is 0.639. The zero-order chi connectivity index (χ0) is 27.1. The van der Waals surface area contributed by atoms with E-state index in [-0.39, 0.29) is 0 Å². The van der Waals surface area contributed by atoms with Gasteiger partial charge in [-0.05, 0) is 83.6 Å². The topological polar surface area (TPSA) is 48.7 Å². The van der Waals surface area contributed by atoms with Gasteiger partial charge in [-0.1, -0.05) is 54.6 Å². The third-order valence-corrected chi connectivity index (χ3v) is 8.20. The van der Waals surface area contributed by atoms with Gasteiger partial charge in [-0.15, -0.1) is 0 Å². The lowest BCUT2D eigenvalue weighted by Gasteiger charge is -2.25. The second kappa shape index (κ2) is 8.08. The maximum absolute atomic E-state index is 9.43. The Labute approximate surface area is 234 Å². The molecule has 5 heteroatoms. The number of fused-ring (bicyclic) bond motifs is 9. The van der Waals surface area contributed by atoms with Gasteiger partial charge in [0.05, 0.1) is 39.2 Å². The number of anilines is 3. The second-order valence-electron chi connectivity index (χ2n) is 10.5. The average molecular weight is 524 g/mol. The van der Waals surface area contributed by atoms with Crippen molar-refractivity contribution in [1.29, 1.82) is 5.26 Å². The molecule has 0 bridgehead atoms. The van der Waals surface area contributed by atoms with E-state index in [4.69, 9.17) is 4.98 Å². The average Bonchev–Trinajstić information content (AvgIpc) is 3.66. The molecule has 0 N–H and O–H groups in total. The van der Waals surface area contributed by atoms with Gasteiger partial charge >= 0.3 is 0 Å². The van der Waals surface area contributed by atoms with Gasteiger partial charge in [0.15, 0.2) is 0 Å². The highest BCUT2D eigenvalue weighted by Gasteiger charge is 2.24. The van der Waals surface area contributed by atoms with Crippen molar-refractivity contribution >= 4 is 72.0 Å². The highest BCUT2D eigenvalue weighted by molar-refractivity contribution is 6.20. The molecule has 190 valence electrons. The Balaban J connectivity index is 1.46. The number of benzene rings is 6. The van der Waals surface area contributed by atoms with Crippen LogP contribution in [0.15, 0.2) is 127 Å². The standard InChI is InChI=1S/C36H21N5/c37-22-23-14-16-27(17-15-23)39(26-10-2-1-3-11-26)28-20-30-29-18-24-8-4-5-9-25(24)19-33(29)41-35(30)34(21-28)40-32-13-7-6-12-31(32)38-36(40)41/h1-21H. The summed E-state index contributed by atoms with van der Waals surface area (Å²) < 4.78 is 4.61. The van der Waals surface area contributed by atoms with E-state index in [1.165, 1.54) is 27.1 Å². The molecule has 0 saturated heterocycles. The van der Waals surface area contributed by atoms with E-state index in [2.05, 4.69) is 111 Å². The van der Waals surface area contributed by atoms with E-state index in [1.54, 1.807) is 0 Å². The number of nitrogens with zero attached hydrogens (tertiary/aromatic N) is 5. The lowest BCUT2D eigenvalue weighted by Crippen LogP contribution is -2.10. The van der Waals surface area contributed by atoms with E-state index in [9.17, 15) is 5.26 Å². The molecule has 0 aliphatic rings. The van der Waals surface area contributed by atoms with Crippen molar-refractivity contribution in [3.63, 3.8) is 0 Å². The molecule has 3 aromatic heterocycles. The molecule has 3 heterocycles. The molecular weight excluding hydrogens is 502 g/mol. The van der Waals surface area contributed by atoms with Crippen LogP contribution in [0.5, 0.6) is 0 Å². The van der Waals surface area contributed by atoms with Crippen LogP contribution in [-0.2, 0) is 0 Å². The smallest absolute Gasteiger partial charge is 0.220 e. The van der Waals surface area contributed by atoms with Crippen LogP contribution in [0.4, 0.5) is 17.1 Å². The number of para-hydroxylation sites is 3. The summed E-state index contributed by atoms with van der Waals surface area (Å²) in [6.45, 7) is 0. The Morgan fingerprint density at radius 2 is 1.27 bits per heavy atom. The minimum absolute atomic E-state index is 0.639. The molecule has 9 rings (SSSR count). The molecule has 5 nitrogen and oxygen atoms in total. The summed E-state index contributed by atoms with van der Waals surface area (Å²) in [5.41, 5.74) is 9.20. The maximum atomic E-state index is 9.43. The second-order valence-corrected chi connectivity index (χ2v) is 10.5. The fourth-order valence-corrected chi connectivity index (χ4v) is 6.41. The number of nitriles is 1. The van der Waals surface area contributed by atoms with Gasteiger partial charge < -0.3 is 4.90 Å². The Bertz CT molecular complexity index is 2480. The summed E-state index contributed by atoms with van der Waals surface area (Å²) in [5, 5.41) is 14.2. The first-order valence-electron chi connectivity index (χ1n) is 13.6. The molecule has 0 amide bonds. The van der Waals surface area contributed by atoms with Gasteiger partial charge in [0.2, 0.25) is 5.78 Å². The van der Waals surface area contributed by atoms with Crippen LogP contribution in [0, 0.1) is 11.3 Å². The van der Waals surface area contributed by atoms with Crippen LogP contribution in [0.3, 0.4) is 0 Å². The van der Waals surface area contributed by atoms with Crippen molar-refractivity contribution < 1.29 is 0 Å². The van der Waals surface area contributed by atoms with Crippen molar-refractivity contribution in [2.45, 2.75) is 0 Å².